The summed E-state index contributed by atoms with van der Waals surface area (Å²) in [5, 5.41) is 8.67. The second-order valence-corrected chi connectivity index (χ2v) is 4.52. The molecule has 0 heterocycles. The lowest BCUT2D eigenvalue weighted by Gasteiger charge is -2.28. The Labute approximate surface area is 108 Å². The lowest BCUT2D eigenvalue weighted by atomic mass is 9.83. The number of thiocarbonyl (C=S) groups is 1. The Hall–Kier alpha value is -0.980. The van der Waals surface area contributed by atoms with E-state index in [4.69, 9.17) is 5.41 Å². The third kappa shape index (κ3) is 4.04. The largest absolute Gasteiger partial charge is 0.485 e. The molecular formula is C11H13F4NOS. The number of allylic oxidation sites excluding steroid dienone is 2. The highest BCUT2D eigenvalue weighted by Gasteiger charge is 2.34. The Kier molecular flexibility index (Phi) is 4.84. The van der Waals surface area contributed by atoms with Gasteiger partial charge in [0.25, 0.3) is 0 Å². The maximum Gasteiger partial charge on any atom is 0.422 e. The number of hydrogen-bond donors (Lipinski definition) is 1. The number of ether oxygens (including phenoxy) is 1. The third-order valence-corrected chi connectivity index (χ3v) is 2.99. The molecular weight excluding hydrogens is 270 g/mol. The number of nitrogens with one attached hydrogen (secondary N) is 1. The fourth-order valence-electron chi connectivity index (χ4n) is 1.91. The van der Waals surface area contributed by atoms with Crippen LogP contribution in [0.3, 0.4) is 0 Å². The molecule has 7 heteroatoms. The fraction of sp³-hybridized carbons (Fsp3) is 0.636. The summed E-state index contributed by atoms with van der Waals surface area (Å²) in [4.78, 5) is 0. The zero-order valence-electron chi connectivity index (χ0n) is 9.68. The molecule has 1 aliphatic carbocycles. The summed E-state index contributed by atoms with van der Waals surface area (Å²) in [5.41, 5.74) is 0.127. The van der Waals surface area contributed by atoms with Gasteiger partial charge in [-0.15, -0.1) is 0 Å². The lowest BCUT2D eigenvalue weighted by Crippen LogP contribution is -2.26. The molecule has 0 aromatic rings. The van der Waals surface area contributed by atoms with Crippen molar-refractivity contribution in [1.82, 2.24) is 0 Å². The van der Waals surface area contributed by atoms with Crippen LogP contribution in [-0.4, -0.2) is 23.9 Å². The van der Waals surface area contributed by atoms with Crippen LogP contribution in [0.15, 0.2) is 11.6 Å². The van der Waals surface area contributed by atoms with Gasteiger partial charge in [-0.2, -0.15) is 13.2 Å². The maximum atomic E-state index is 13.7. The molecule has 2 atom stereocenters. The Bertz CT molecular complexity index is 378. The molecule has 18 heavy (non-hydrogen) atoms. The minimum Gasteiger partial charge on any atom is -0.485 e. The average Bonchev–Trinajstić information content (AvgIpc) is 2.25. The van der Waals surface area contributed by atoms with E-state index in [0.717, 1.165) is 5.37 Å². The van der Waals surface area contributed by atoms with Gasteiger partial charge in [0.05, 0.1) is 0 Å². The summed E-state index contributed by atoms with van der Waals surface area (Å²) in [6, 6.07) is 0. The third-order valence-electron chi connectivity index (χ3n) is 2.74. The van der Waals surface area contributed by atoms with Crippen molar-refractivity contribution in [3.63, 3.8) is 0 Å². The number of alkyl halides is 3. The van der Waals surface area contributed by atoms with Crippen LogP contribution < -0.4 is 0 Å². The topological polar surface area (TPSA) is 33.1 Å². The summed E-state index contributed by atoms with van der Waals surface area (Å²) in [7, 11) is 0. The predicted octanol–water partition coefficient (Wildman–Crippen LogP) is 3.81. The van der Waals surface area contributed by atoms with E-state index in [1.165, 1.54) is 0 Å². The van der Waals surface area contributed by atoms with E-state index in [1.54, 1.807) is 6.92 Å². The summed E-state index contributed by atoms with van der Waals surface area (Å²) in [5.74, 6) is -1.83. The normalized spacial score (nSPS) is 24.9. The molecule has 0 aromatic carbocycles. The quantitative estimate of drug-likeness (QED) is 0.483. The zero-order valence-corrected chi connectivity index (χ0v) is 10.5. The van der Waals surface area contributed by atoms with E-state index in [1.807, 2.05) is 0 Å². The minimum atomic E-state index is -4.48. The average molecular weight is 283 g/mol. The first-order valence-corrected chi connectivity index (χ1v) is 5.83. The van der Waals surface area contributed by atoms with Crippen molar-refractivity contribution >= 4 is 23.3 Å². The van der Waals surface area contributed by atoms with E-state index < -0.39 is 24.5 Å². The fourth-order valence-corrected chi connectivity index (χ4v) is 2.11. The van der Waals surface area contributed by atoms with Gasteiger partial charge in [-0.05, 0) is 6.42 Å². The van der Waals surface area contributed by atoms with Crippen LogP contribution in [0.1, 0.15) is 19.8 Å². The molecule has 0 amide bonds. The molecule has 1 rings (SSSR count). The van der Waals surface area contributed by atoms with E-state index in [9.17, 15) is 17.6 Å². The first-order valence-electron chi connectivity index (χ1n) is 5.36. The molecule has 1 aliphatic rings. The van der Waals surface area contributed by atoms with Gasteiger partial charge in [0.2, 0.25) is 0 Å². The summed E-state index contributed by atoms with van der Waals surface area (Å²) in [6.45, 7) is 0.0868. The van der Waals surface area contributed by atoms with Crippen molar-refractivity contribution in [3.05, 3.63) is 11.6 Å². The number of hydrogen-bond acceptors (Lipinski definition) is 3. The van der Waals surface area contributed by atoms with Gasteiger partial charge in [0.15, 0.2) is 6.61 Å². The first-order chi connectivity index (χ1) is 8.24. The van der Waals surface area contributed by atoms with E-state index in [0.29, 0.717) is 6.42 Å². The molecule has 0 bridgehead atoms. The standard InChI is InChI=1S/C11H13F4NOS/c1-6-2-7(9(16)4-18)3-8(12)10(6)17-5-11(13,14)15/h4,6-7,16H,2-3,5H2,1H3. The van der Waals surface area contributed by atoms with Crippen molar-refractivity contribution in [1.29, 1.82) is 5.41 Å². The molecule has 0 fully saturated rings. The van der Waals surface area contributed by atoms with Crippen molar-refractivity contribution in [3.8, 4) is 0 Å². The predicted molar refractivity (Wildman–Crippen MR) is 63.4 cm³/mol. The smallest absolute Gasteiger partial charge is 0.422 e. The lowest BCUT2D eigenvalue weighted by molar-refractivity contribution is -0.167. The monoisotopic (exact) mass is 283 g/mol. The van der Waals surface area contributed by atoms with Crippen molar-refractivity contribution in [2.24, 2.45) is 11.8 Å². The Morgan fingerprint density at radius 1 is 1.56 bits per heavy atom. The van der Waals surface area contributed by atoms with Gasteiger partial charge in [0.1, 0.15) is 11.6 Å². The second-order valence-electron chi connectivity index (χ2n) is 4.28. The highest BCUT2D eigenvalue weighted by Crippen LogP contribution is 2.36. The molecule has 2 nitrogen and oxygen atoms in total. The first kappa shape index (κ1) is 15.1. The van der Waals surface area contributed by atoms with Crippen LogP contribution in [0.2, 0.25) is 0 Å². The summed E-state index contributed by atoms with van der Waals surface area (Å²) in [6.07, 6.45) is -4.24. The van der Waals surface area contributed by atoms with Gasteiger partial charge < -0.3 is 10.1 Å². The molecule has 0 aliphatic heterocycles. The van der Waals surface area contributed by atoms with Crippen LogP contribution in [0.4, 0.5) is 17.6 Å². The molecule has 102 valence electrons. The Morgan fingerprint density at radius 2 is 2.17 bits per heavy atom. The van der Waals surface area contributed by atoms with Crippen LogP contribution in [0.25, 0.3) is 0 Å². The van der Waals surface area contributed by atoms with Crippen molar-refractivity contribution in [2.75, 3.05) is 6.61 Å². The molecule has 0 saturated heterocycles. The van der Waals surface area contributed by atoms with Gasteiger partial charge in [-0.3, -0.25) is 0 Å². The van der Waals surface area contributed by atoms with Crippen molar-refractivity contribution in [2.45, 2.75) is 25.9 Å². The van der Waals surface area contributed by atoms with E-state index in [-0.39, 0.29) is 23.8 Å². The Balaban J connectivity index is 2.74. The van der Waals surface area contributed by atoms with Gasteiger partial charge in [-0.25, -0.2) is 4.39 Å². The summed E-state index contributed by atoms with van der Waals surface area (Å²) >= 11 is 4.59. The van der Waals surface area contributed by atoms with Crippen LogP contribution in [0, 0.1) is 17.2 Å². The van der Waals surface area contributed by atoms with Gasteiger partial charge in [-0.1, -0.05) is 19.1 Å². The second kappa shape index (κ2) is 5.77. The minimum absolute atomic E-state index is 0.122. The number of rotatable bonds is 4. The Morgan fingerprint density at radius 3 is 2.61 bits per heavy atom. The molecule has 0 aromatic heterocycles. The van der Waals surface area contributed by atoms with E-state index >= 15 is 0 Å². The summed E-state index contributed by atoms with van der Waals surface area (Å²) < 4.78 is 54.2. The molecule has 2 unspecified atom stereocenters. The van der Waals surface area contributed by atoms with Crippen LogP contribution >= 0.6 is 12.2 Å². The molecule has 0 saturated carbocycles. The van der Waals surface area contributed by atoms with Crippen LogP contribution in [-0.2, 0) is 4.74 Å². The van der Waals surface area contributed by atoms with Crippen molar-refractivity contribution < 1.29 is 22.3 Å². The highest BCUT2D eigenvalue weighted by molar-refractivity contribution is 7.80. The number of halogens is 4. The molecule has 0 radical (unpaired) electrons. The molecule has 1 N–H and O–H groups in total. The van der Waals surface area contributed by atoms with Gasteiger partial charge >= 0.3 is 6.18 Å². The van der Waals surface area contributed by atoms with Crippen LogP contribution in [0.5, 0.6) is 0 Å². The van der Waals surface area contributed by atoms with Gasteiger partial charge in [0, 0.05) is 29.3 Å². The van der Waals surface area contributed by atoms with E-state index in [2.05, 4.69) is 17.0 Å². The molecule has 0 spiro atoms. The highest BCUT2D eigenvalue weighted by atomic mass is 32.1. The SMILES string of the molecule is CC1CC(C(=N)C=S)CC(F)=C1OCC(F)(F)F. The maximum absolute atomic E-state index is 13.7. The zero-order chi connectivity index (χ0) is 13.9.